The van der Waals surface area contributed by atoms with Gasteiger partial charge in [-0.2, -0.15) is 0 Å². The van der Waals surface area contributed by atoms with Crippen LogP contribution in [-0.2, 0) is 4.79 Å². The lowest BCUT2D eigenvalue weighted by Gasteiger charge is -2.27. The van der Waals surface area contributed by atoms with E-state index in [4.69, 9.17) is 0 Å². The van der Waals surface area contributed by atoms with Crippen LogP contribution < -0.4 is 0 Å². The average molecular weight is 279 g/mol. The number of carbonyl (C=O) groups excluding carboxylic acids is 1. The van der Waals surface area contributed by atoms with Crippen LogP contribution >= 0.6 is 0 Å². The van der Waals surface area contributed by atoms with Gasteiger partial charge in [-0.15, -0.1) is 0 Å². The number of hydrogen-bond donors (Lipinski definition) is 0. The Labute approximate surface area is 126 Å². The molecule has 0 radical (unpaired) electrons. The zero-order valence-corrected chi connectivity index (χ0v) is 12.9. The summed E-state index contributed by atoms with van der Waals surface area (Å²) < 4.78 is 0. The van der Waals surface area contributed by atoms with E-state index in [-0.39, 0.29) is 5.78 Å². The normalized spacial score (nSPS) is 20.2. The minimum Gasteiger partial charge on any atom is -0.371 e. The highest BCUT2D eigenvalue weighted by molar-refractivity contribution is 6.08. The third-order valence-electron chi connectivity index (χ3n) is 4.39. The Balaban J connectivity index is 2.28. The predicted molar refractivity (Wildman–Crippen MR) is 86.7 cm³/mol. The Bertz CT molecular complexity index is 676. The maximum atomic E-state index is 12.2. The molecule has 0 aliphatic heterocycles. The lowest BCUT2D eigenvalue weighted by molar-refractivity contribution is -0.114. The highest BCUT2D eigenvalue weighted by atomic mass is 16.1. The number of ketones is 1. The van der Waals surface area contributed by atoms with E-state index in [1.807, 2.05) is 12.2 Å². The van der Waals surface area contributed by atoms with Crippen LogP contribution in [0, 0.1) is 0 Å². The molecule has 0 atom stereocenters. The molecule has 3 aliphatic rings. The Morgan fingerprint density at radius 2 is 1.71 bits per heavy atom. The molecule has 0 spiro atoms. The second-order valence-corrected chi connectivity index (χ2v) is 5.58. The lowest BCUT2D eigenvalue weighted by Crippen LogP contribution is -2.24. The van der Waals surface area contributed by atoms with E-state index in [9.17, 15) is 4.79 Å². The van der Waals surface area contributed by atoms with Gasteiger partial charge in [0.05, 0.1) is 0 Å². The van der Waals surface area contributed by atoms with Crippen LogP contribution in [-0.4, -0.2) is 23.8 Å². The van der Waals surface area contributed by atoms with Crippen LogP contribution in [0.15, 0.2) is 70.0 Å². The minimum atomic E-state index is 0.247. The van der Waals surface area contributed by atoms with Crippen LogP contribution in [0.4, 0.5) is 0 Å². The van der Waals surface area contributed by atoms with E-state index in [1.165, 1.54) is 16.8 Å². The van der Waals surface area contributed by atoms with E-state index in [1.54, 1.807) is 0 Å². The zero-order chi connectivity index (χ0) is 15.0. The van der Waals surface area contributed by atoms with Gasteiger partial charge in [0.1, 0.15) is 0 Å². The van der Waals surface area contributed by atoms with E-state index in [0.29, 0.717) is 6.42 Å². The molecule has 0 N–H and O–H groups in total. The van der Waals surface area contributed by atoms with Gasteiger partial charge in [-0.3, -0.25) is 4.79 Å². The molecule has 0 saturated carbocycles. The summed E-state index contributed by atoms with van der Waals surface area (Å²) in [4.78, 5) is 14.6. The summed E-state index contributed by atoms with van der Waals surface area (Å²) in [5, 5.41) is 0. The van der Waals surface area contributed by atoms with Crippen LogP contribution in [0.3, 0.4) is 0 Å². The summed E-state index contributed by atoms with van der Waals surface area (Å²) in [6.45, 7) is 8.44. The maximum Gasteiger partial charge on any atom is 0.167 e. The highest BCUT2D eigenvalue weighted by Gasteiger charge is 2.33. The van der Waals surface area contributed by atoms with Gasteiger partial charge in [0.2, 0.25) is 0 Å². The van der Waals surface area contributed by atoms with Crippen molar-refractivity contribution in [2.45, 2.75) is 27.2 Å². The first-order valence-corrected chi connectivity index (χ1v) is 7.67. The number of carbonyl (C=O) groups is 1. The first kappa shape index (κ1) is 13.9. The number of likely N-dealkylation sites (N-methyl/N-ethyl adjacent to an activating group) is 1. The maximum absolute atomic E-state index is 12.2. The summed E-state index contributed by atoms with van der Waals surface area (Å²) in [5.41, 5.74) is 6.92. The van der Waals surface area contributed by atoms with Crippen molar-refractivity contribution >= 4 is 5.78 Å². The molecule has 108 valence electrons. The van der Waals surface area contributed by atoms with E-state index >= 15 is 0 Å². The summed E-state index contributed by atoms with van der Waals surface area (Å²) in [5.74, 6) is 0.247. The standard InChI is InChI=1S/C19H21NO/c1-4-20(5-2)19-13(3)8-6-7-9-14-12-17(21)15-10-11-16(19)18(14)15/h6-11H,4-5,12H2,1-3H3. The summed E-state index contributed by atoms with van der Waals surface area (Å²) >= 11 is 0. The highest BCUT2D eigenvalue weighted by Crippen LogP contribution is 2.42. The van der Waals surface area contributed by atoms with Gasteiger partial charge < -0.3 is 4.90 Å². The van der Waals surface area contributed by atoms with Crippen molar-refractivity contribution in [2.24, 2.45) is 0 Å². The van der Waals surface area contributed by atoms with Crippen molar-refractivity contribution in [1.29, 1.82) is 0 Å². The van der Waals surface area contributed by atoms with Crippen LogP contribution in [0.2, 0.25) is 0 Å². The van der Waals surface area contributed by atoms with Crippen molar-refractivity contribution in [2.75, 3.05) is 13.1 Å². The van der Waals surface area contributed by atoms with Gasteiger partial charge in [0.25, 0.3) is 0 Å². The molecule has 2 nitrogen and oxygen atoms in total. The number of nitrogens with zero attached hydrogens (tertiary/aromatic N) is 1. The van der Waals surface area contributed by atoms with Gasteiger partial charge >= 0.3 is 0 Å². The number of Topliss-reactive ketones (excluding diaryl/α,β-unsaturated/α-hetero) is 1. The van der Waals surface area contributed by atoms with Crippen molar-refractivity contribution in [3.8, 4) is 0 Å². The van der Waals surface area contributed by atoms with Crippen LogP contribution in [0.25, 0.3) is 0 Å². The molecule has 0 aromatic rings. The molecule has 0 heterocycles. The molecule has 3 rings (SSSR count). The average Bonchev–Trinajstić information content (AvgIpc) is 3.03. The fourth-order valence-corrected chi connectivity index (χ4v) is 3.38. The topological polar surface area (TPSA) is 20.3 Å². The summed E-state index contributed by atoms with van der Waals surface area (Å²) in [6, 6.07) is 0. The second-order valence-electron chi connectivity index (χ2n) is 5.58. The number of hydrogen-bond acceptors (Lipinski definition) is 2. The van der Waals surface area contributed by atoms with E-state index in [0.717, 1.165) is 29.8 Å². The molecule has 0 saturated heterocycles. The molecule has 0 amide bonds. The van der Waals surface area contributed by atoms with Gasteiger partial charge in [-0.1, -0.05) is 36.5 Å². The fourth-order valence-electron chi connectivity index (χ4n) is 3.38. The van der Waals surface area contributed by atoms with Crippen molar-refractivity contribution in [3.05, 3.63) is 70.0 Å². The predicted octanol–water partition coefficient (Wildman–Crippen LogP) is 3.86. The van der Waals surface area contributed by atoms with E-state index < -0.39 is 0 Å². The number of allylic oxidation sites excluding steroid dienone is 11. The molecular weight excluding hydrogens is 258 g/mol. The summed E-state index contributed by atoms with van der Waals surface area (Å²) in [7, 11) is 0. The largest absolute Gasteiger partial charge is 0.371 e. The Kier molecular flexibility index (Phi) is 3.54. The van der Waals surface area contributed by atoms with Gasteiger partial charge in [-0.05, 0) is 37.5 Å². The summed E-state index contributed by atoms with van der Waals surface area (Å²) in [6.07, 6.45) is 13.0. The van der Waals surface area contributed by atoms with Crippen molar-refractivity contribution in [3.63, 3.8) is 0 Å². The Morgan fingerprint density at radius 3 is 2.43 bits per heavy atom. The molecule has 21 heavy (non-hydrogen) atoms. The molecular formula is C19H21NO. The van der Waals surface area contributed by atoms with Crippen molar-refractivity contribution < 1.29 is 4.79 Å². The molecule has 3 aliphatic carbocycles. The molecule has 0 bridgehead atoms. The Hall–Kier alpha value is -2.09. The first-order chi connectivity index (χ1) is 10.2. The Morgan fingerprint density at radius 1 is 1.05 bits per heavy atom. The molecule has 0 unspecified atom stereocenters. The van der Waals surface area contributed by atoms with Crippen LogP contribution in [0.5, 0.6) is 0 Å². The number of rotatable bonds is 3. The van der Waals surface area contributed by atoms with Gasteiger partial charge in [0.15, 0.2) is 5.78 Å². The minimum absolute atomic E-state index is 0.247. The zero-order valence-electron chi connectivity index (χ0n) is 12.9. The molecule has 0 aromatic carbocycles. The SMILES string of the molecule is CCN(CC)C1=C2C=CC3=C2C(=CC=CC=C1C)CC3=O. The van der Waals surface area contributed by atoms with Crippen molar-refractivity contribution in [1.82, 2.24) is 4.90 Å². The molecule has 0 aromatic heterocycles. The monoisotopic (exact) mass is 279 g/mol. The smallest absolute Gasteiger partial charge is 0.167 e. The second kappa shape index (κ2) is 5.36. The van der Waals surface area contributed by atoms with E-state index in [2.05, 4.69) is 50.0 Å². The molecule has 2 heteroatoms. The quantitative estimate of drug-likeness (QED) is 0.781. The fraction of sp³-hybridized carbons (Fsp3) is 0.316. The van der Waals surface area contributed by atoms with Gasteiger partial charge in [-0.25, -0.2) is 0 Å². The van der Waals surface area contributed by atoms with Crippen LogP contribution in [0.1, 0.15) is 27.2 Å². The first-order valence-electron chi connectivity index (χ1n) is 7.67. The third kappa shape index (κ3) is 2.15. The molecule has 0 fully saturated rings. The lowest BCUT2D eigenvalue weighted by atomic mass is 9.97. The third-order valence-corrected chi connectivity index (χ3v) is 4.39. The van der Waals surface area contributed by atoms with Gasteiger partial charge in [0, 0.05) is 36.4 Å².